The maximum Gasteiger partial charge on any atom is 0.0726 e. The summed E-state index contributed by atoms with van der Waals surface area (Å²) >= 11 is 0. The highest BCUT2D eigenvalue weighted by molar-refractivity contribution is 5.55. The van der Waals surface area contributed by atoms with Crippen molar-refractivity contribution in [2.75, 3.05) is 38.3 Å². The minimum Gasteiger partial charge on any atom is -0.383 e. The lowest BCUT2D eigenvalue weighted by molar-refractivity contribution is -0.00524. The molecule has 4 heteroatoms. The summed E-state index contributed by atoms with van der Waals surface area (Å²) in [6, 6.07) is 6.74. The van der Waals surface area contributed by atoms with Gasteiger partial charge in [0.1, 0.15) is 0 Å². The first-order valence-electron chi connectivity index (χ1n) is 7.79. The summed E-state index contributed by atoms with van der Waals surface area (Å²) in [6.07, 6.45) is 0.590. The van der Waals surface area contributed by atoms with E-state index in [4.69, 9.17) is 9.47 Å². The number of hydrogen-bond acceptors (Lipinski definition) is 4. The molecule has 1 heterocycles. The molecule has 1 aliphatic heterocycles. The molecule has 1 N–H and O–H groups in total. The van der Waals surface area contributed by atoms with Gasteiger partial charge in [0.25, 0.3) is 0 Å². The van der Waals surface area contributed by atoms with Crippen LogP contribution in [0.25, 0.3) is 0 Å². The van der Waals surface area contributed by atoms with Crippen molar-refractivity contribution >= 4 is 5.69 Å². The van der Waals surface area contributed by atoms with Gasteiger partial charge in [-0.05, 0) is 38.0 Å². The maximum atomic E-state index is 5.81. The van der Waals surface area contributed by atoms with Crippen LogP contribution in [0.15, 0.2) is 18.2 Å². The number of rotatable bonds is 6. The van der Waals surface area contributed by atoms with Crippen LogP contribution in [0.3, 0.4) is 0 Å². The Morgan fingerprint density at radius 1 is 1.29 bits per heavy atom. The Kier molecular flexibility index (Phi) is 6.03. The second-order valence-corrected chi connectivity index (χ2v) is 5.95. The van der Waals surface area contributed by atoms with Gasteiger partial charge >= 0.3 is 0 Å². The number of benzene rings is 1. The number of nitrogens with one attached hydrogen (secondary N) is 1. The van der Waals surface area contributed by atoms with Crippen molar-refractivity contribution in [1.29, 1.82) is 0 Å². The van der Waals surface area contributed by atoms with Crippen molar-refractivity contribution in [3.63, 3.8) is 0 Å². The Hall–Kier alpha value is -1.10. The van der Waals surface area contributed by atoms with E-state index in [9.17, 15) is 0 Å². The van der Waals surface area contributed by atoms with Crippen LogP contribution >= 0.6 is 0 Å². The van der Waals surface area contributed by atoms with Gasteiger partial charge < -0.3 is 19.7 Å². The van der Waals surface area contributed by atoms with Gasteiger partial charge in [0.15, 0.2) is 0 Å². The molecule has 0 aromatic heterocycles. The first kappa shape index (κ1) is 16.3. The molecule has 1 aromatic rings. The molecule has 21 heavy (non-hydrogen) atoms. The van der Waals surface area contributed by atoms with Gasteiger partial charge in [0.2, 0.25) is 0 Å². The number of nitrogens with zero attached hydrogens (tertiary/aromatic N) is 1. The second kappa shape index (κ2) is 7.78. The third-order valence-electron chi connectivity index (χ3n) is 3.83. The number of anilines is 1. The molecular formula is C17H28N2O2. The zero-order valence-electron chi connectivity index (χ0n) is 13.7. The maximum absolute atomic E-state index is 5.81. The highest BCUT2D eigenvalue weighted by Gasteiger charge is 2.23. The van der Waals surface area contributed by atoms with Gasteiger partial charge in [0.05, 0.1) is 18.8 Å². The monoisotopic (exact) mass is 292 g/mol. The number of aryl methyl sites for hydroxylation is 1. The Labute approximate surface area is 128 Å². The van der Waals surface area contributed by atoms with Gasteiger partial charge in [0, 0.05) is 39.0 Å². The number of methoxy groups -OCH3 is 1. The fraction of sp³-hybridized carbons (Fsp3) is 0.647. The first-order valence-corrected chi connectivity index (χ1v) is 7.79. The summed E-state index contributed by atoms with van der Waals surface area (Å²) in [7, 11) is 1.73. The molecule has 2 rings (SSSR count). The van der Waals surface area contributed by atoms with Gasteiger partial charge in [-0.25, -0.2) is 0 Å². The van der Waals surface area contributed by atoms with E-state index in [0.29, 0.717) is 12.2 Å². The summed E-state index contributed by atoms with van der Waals surface area (Å²) in [6.45, 7) is 10.9. The molecule has 0 radical (unpaired) electrons. The van der Waals surface area contributed by atoms with Gasteiger partial charge in [-0.1, -0.05) is 12.1 Å². The van der Waals surface area contributed by atoms with Crippen molar-refractivity contribution in [2.45, 2.75) is 39.5 Å². The van der Waals surface area contributed by atoms with E-state index < -0.39 is 0 Å². The van der Waals surface area contributed by atoms with Crippen LogP contribution in [-0.4, -0.2) is 45.6 Å². The van der Waals surface area contributed by atoms with Crippen molar-refractivity contribution in [3.8, 4) is 0 Å². The van der Waals surface area contributed by atoms with Crippen molar-refractivity contribution < 1.29 is 9.47 Å². The zero-order valence-corrected chi connectivity index (χ0v) is 13.7. The van der Waals surface area contributed by atoms with E-state index in [2.05, 4.69) is 49.2 Å². The van der Waals surface area contributed by atoms with Crippen LogP contribution in [0.5, 0.6) is 0 Å². The SMILES string of the molecule is COCCNCc1ccc(N2C[C@@H](C)O[C@@H](C)C2)c(C)c1. The number of hydrogen-bond donors (Lipinski definition) is 1. The Bertz CT molecular complexity index is 440. The Morgan fingerprint density at radius 3 is 2.62 bits per heavy atom. The standard InChI is InChI=1S/C17H28N2O2/c1-13-9-16(10-18-7-8-20-4)5-6-17(13)19-11-14(2)21-15(3)12-19/h5-6,9,14-15,18H,7-8,10-12H2,1-4H3/t14-,15+. The Morgan fingerprint density at radius 2 is 2.00 bits per heavy atom. The summed E-state index contributed by atoms with van der Waals surface area (Å²) in [5, 5.41) is 3.38. The van der Waals surface area contributed by atoms with Gasteiger partial charge in [-0.2, -0.15) is 0 Å². The summed E-state index contributed by atoms with van der Waals surface area (Å²) in [4.78, 5) is 2.44. The first-order chi connectivity index (χ1) is 10.1. The lowest BCUT2D eigenvalue weighted by Gasteiger charge is -2.37. The smallest absolute Gasteiger partial charge is 0.0726 e. The fourth-order valence-corrected chi connectivity index (χ4v) is 2.96. The molecule has 0 bridgehead atoms. The van der Waals surface area contributed by atoms with Gasteiger partial charge in [-0.3, -0.25) is 0 Å². The molecule has 0 unspecified atom stereocenters. The largest absolute Gasteiger partial charge is 0.383 e. The normalized spacial score (nSPS) is 22.6. The van der Waals surface area contributed by atoms with Crippen LogP contribution in [0.1, 0.15) is 25.0 Å². The third-order valence-corrected chi connectivity index (χ3v) is 3.83. The second-order valence-electron chi connectivity index (χ2n) is 5.95. The van der Waals surface area contributed by atoms with Crippen molar-refractivity contribution in [1.82, 2.24) is 5.32 Å². The van der Waals surface area contributed by atoms with E-state index in [0.717, 1.165) is 32.8 Å². The minimum absolute atomic E-state index is 0.295. The molecule has 0 amide bonds. The topological polar surface area (TPSA) is 33.7 Å². The minimum atomic E-state index is 0.295. The molecular weight excluding hydrogens is 264 g/mol. The molecule has 1 aromatic carbocycles. The van der Waals surface area contributed by atoms with Crippen molar-refractivity contribution in [2.24, 2.45) is 0 Å². The molecule has 1 saturated heterocycles. The molecule has 1 fully saturated rings. The van der Waals surface area contributed by atoms with E-state index in [1.807, 2.05) is 0 Å². The molecule has 0 aliphatic carbocycles. The van der Waals surface area contributed by atoms with Crippen LogP contribution < -0.4 is 10.2 Å². The van der Waals surface area contributed by atoms with Crippen LogP contribution in [0.2, 0.25) is 0 Å². The van der Waals surface area contributed by atoms with E-state index in [-0.39, 0.29) is 0 Å². The summed E-state index contributed by atoms with van der Waals surface area (Å²) in [5.74, 6) is 0. The van der Waals surface area contributed by atoms with E-state index in [1.165, 1.54) is 16.8 Å². The fourth-order valence-electron chi connectivity index (χ4n) is 2.96. The number of morpholine rings is 1. The predicted octanol–water partition coefficient (Wildman–Crippen LogP) is 2.34. The van der Waals surface area contributed by atoms with E-state index in [1.54, 1.807) is 7.11 Å². The molecule has 4 nitrogen and oxygen atoms in total. The number of ether oxygens (including phenoxy) is 2. The lowest BCUT2D eigenvalue weighted by Crippen LogP contribution is -2.45. The summed E-state index contributed by atoms with van der Waals surface area (Å²) in [5.41, 5.74) is 3.99. The summed E-state index contributed by atoms with van der Waals surface area (Å²) < 4.78 is 10.9. The third kappa shape index (κ3) is 4.70. The lowest BCUT2D eigenvalue weighted by atomic mass is 10.1. The molecule has 2 atom stereocenters. The van der Waals surface area contributed by atoms with E-state index >= 15 is 0 Å². The van der Waals surface area contributed by atoms with Crippen LogP contribution in [-0.2, 0) is 16.0 Å². The predicted molar refractivity (Wildman–Crippen MR) is 87.0 cm³/mol. The zero-order chi connectivity index (χ0) is 15.2. The quantitative estimate of drug-likeness (QED) is 0.816. The molecule has 0 saturated carbocycles. The van der Waals surface area contributed by atoms with Crippen LogP contribution in [0, 0.1) is 6.92 Å². The van der Waals surface area contributed by atoms with Crippen LogP contribution in [0.4, 0.5) is 5.69 Å². The molecule has 118 valence electrons. The molecule has 1 aliphatic rings. The average Bonchev–Trinajstić information content (AvgIpc) is 2.42. The Balaban J connectivity index is 1.98. The van der Waals surface area contributed by atoms with Crippen molar-refractivity contribution in [3.05, 3.63) is 29.3 Å². The highest BCUT2D eigenvalue weighted by atomic mass is 16.5. The van der Waals surface area contributed by atoms with Gasteiger partial charge in [-0.15, -0.1) is 0 Å². The average molecular weight is 292 g/mol. The molecule has 0 spiro atoms. The highest BCUT2D eigenvalue weighted by Crippen LogP contribution is 2.25.